The van der Waals surface area contributed by atoms with Gasteiger partial charge < -0.3 is 5.32 Å². The monoisotopic (exact) mass is 279 g/mol. The lowest BCUT2D eigenvalue weighted by atomic mass is 9.75. The first kappa shape index (κ1) is 14.7. The molecule has 1 aliphatic rings. The van der Waals surface area contributed by atoms with Gasteiger partial charge in [-0.1, -0.05) is 26.0 Å². The number of nitrogens with one attached hydrogen (secondary N) is 1. The number of hydrogen-bond donors (Lipinski definition) is 1. The molecule has 1 saturated carbocycles. The minimum Gasteiger partial charge on any atom is -0.316 e. The van der Waals surface area contributed by atoms with E-state index in [2.05, 4.69) is 38.2 Å². The maximum Gasteiger partial charge on any atom is 0.0576 e. The van der Waals surface area contributed by atoms with Gasteiger partial charge in [0.05, 0.1) is 16.0 Å². The molecule has 0 aromatic heterocycles. The summed E-state index contributed by atoms with van der Waals surface area (Å²) >= 11 is 0. The highest BCUT2D eigenvalue weighted by atomic mass is 32.2. The normalized spacial score (nSPS) is 28.0. The highest BCUT2D eigenvalue weighted by Crippen LogP contribution is 2.38. The van der Waals surface area contributed by atoms with Crippen molar-refractivity contribution in [3.05, 3.63) is 29.8 Å². The maximum absolute atomic E-state index is 12.9. The summed E-state index contributed by atoms with van der Waals surface area (Å²) in [6.45, 7) is 6.64. The summed E-state index contributed by atoms with van der Waals surface area (Å²) in [5, 5.41) is 3.58. The Balaban J connectivity index is 2.24. The van der Waals surface area contributed by atoms with Crippen molar-refractivity contribution in [2.75, 3.05) is 7.05 Å². The van der Waals surface area contributed by atoms with Crippen LogP contribution < -0.4 is 5.32 Å². The van der Waals surface area contributed by atoms with Gasteiger partial charge in [-0.3, -0.25) is 4.21 Å². The van der Waals surface area contributed by atoms with Crippen LogP contribution in [0.3, 0.4) is 0 Å². The quantitative estimate of drug-likeness (QED) is 0.920. The smallest absolute Gasteiger partial charge is 0.0576 e. The lowest BCUT2D eigenvalue weighted by Crippen LogP contribution is -2.47. The van der Waals surface area contributed by atoms with E-state index in [0.717, 1.165) is 17.7 Å². The Morgan fingerprint density at radius 2 is 2.11 bits per heavy atom. The zero-order chi connectivity index (χ0) is 14.0. The second-order valence-electron chi connectivity index (χ2n) is 6.45. The van der Waals surface area contributed by atoms with E-state index >= 15 is 0 Å². The third-order valence-electron chi connectivity index (χ3n) is 4.20. The molecular formula is C16H25NOS. The van der Waals surface area contributed by atoms with Crippen molar-refractivity contribution in [1.82, 2.24) is 5.32 Å². The van der Waals surface area contributed by atoms with Crippen LogP contribution in [0, 0.1) is 12.3 Å². The highest BCUT2D eigenvalue weighted by molar-refractivity contribution is 7.85. The summed E-state index contributed by atoms with van der Waals surface area (Å²) < 4.78 is 12.9. The van der Waals surface area contributed by atoms with Gasteiger partial charge in [0.25, 0.3) is 0 Å². The summed E-state index contributed by atoms with van der Waals surface area (Å²) in [6.07, 6.45) is 3.35. The molecule has 2 rings (SSSR count). The van der Waals surface area contributed by atoms with E-state index in [1.165, 1.54) is 12.0 Å². The minimum absolute atomic E-state index is 0.218. The molecule has 1 fully saturated rings. The lowest BCUT2D eigenvalue weighted by molar-refractivity contribution is 0.216. The van der Waals surface area contributed by atoms with Crippen molar-refractivity contribution >= 4 is 10.8 Å². The molecule has 0 saturated heterocycles. The van der Waals surface area contributed by atoms with Crippen LogP contribution in [0.2, 0.25) is 0 Å². The summed E-state index contributed by atoms with van der Waals surface area (Å²) in [7, 11) is 1.07. The summed E-state index contributed by atoms with van der Waals surface area (Å²) in [6, 6.07) is 8.49. The molecule has 3 unspecified atom stereocenters. The molecule has 0 amide bonds. The summed E-state index contributed by atoms with van der Waals surface area (Å²) in [5.74, 6) is 0. The lowest BCUT2D eigenvalue weighted by Gasteiger charge is -2.40. The van der Waals surface area contributed by atoms with E-state index in [1.54, 1.807) is 0 Å². The van der Waals surface area contributed by atoms with Crippen LogP contribution in [-0.4, -0.2) is 22.5 Å². The second kappa shape index (κ2) is 5.76. The van der Waals surface area contributed by atoms with E-state index in [-0.39, 0.29) is 5.25 Å². The topological polar surface area (TPSA) is 29.1 Å². The van der Waals surface area contributed by atoms with E-state index in [1.807, 2.05) is 19.2 Å². The molecule has 0 spiro atoms. The zero-order valence-electron chi connectivity index (χ0n) is 12.4. The highest BCUT2D eigenvalue weighted by Gasteiger charge is 2.37. The molecule has 0 bridgehead atoms. The van der Waals surface area contributed by atoms with Crippen LogP contribution >= 0.6 is 0 Å². The average Bonchev–Trinajstić information content (AvgIpc) is 2.37. The number of benzene rings is 1. The molecule has 1 aromatic rings. The standard InChI is InChI=1S/C16H25NOS/c1-12-6-5-7-13(10-12)19(18)15-11-16(2,3)9-8-14(15)17-4/h5-7,10,14-15,17H,8-9,11H2,1-4H3. The summed E-state index contributed by atoms with van der Waals surface area (Å²) in [4.78, 5) is 0.975. The van der Waals surface area contributed by atoms with Gasteiger partial charge in [0, 0.05) is 10.9 Å². The van der Waals surface area contributed by atoms with Gasteiger partial charge in [-0.15, -0.1) is 0 Å². The van der Waals surface area contributed by atoms with Crippen LogP contribution in [0.1, 0.15) is 38.7 Å². The van der Waals surface area contributed by atoms with E-state index in [9.17, 15) is 4.21 Å². The molecular weight excluding hydrogens is 254 g/mol. The molecule has 19 heavy (non-hydrogen) atoms. The van der Waals surface area contributed by atoms with Crippen LogP contribution in [0.4, 0.5) is 0 Å². The SMILES string of the molecule is CNC1CCC(C)(C)CC1S(=O)c1cccc(C)c1. The van der Waals surface area contributed by atoms with Gasteiger partial charge >= 0.3 is 0 Å². The minimum atomic E-state index is -0.919. The van der Waals surface area contributed by atoms with Crippen molar-refractivity contribution in [2.45, 2.75) is 56.2 Å². The van der Waals surface area contributed by atoms with Gasteiger partial charge in [0.1, 0.15) is 0 Å². The fourth-order valence-electron chi connectivity index (χ4n) is 2.99. The molecule has 0 heterocycles. The largest absolute Gasteiger partial charge is 0.316 e. The Labute approximate surface area is 119 Å². The molecule has 0 radical (unpaired) electrons. The van der Waals surface area contributed by atoms with Gasteiger partial charge in [-0.2, -0.15) is 0 Å². The molecule has 2 nitrogen and oxygen atoms in total. The van der Waals surface area contributed by atoms with Crippen molar-refractivity contribution < 1.29 is 4.21 Å². The fourth-order valence-corrected chi connectivity index (χ4v) is 5.03. The zero-order valence-corrected chi connectivity index (χ0v) is 13.2. The van der Waals surface area contributed by atoms with E-state index in [4.69, 9.17) is 0 Å². The Morgan fingerprint density at radius 3 is 2.74 bits per heavy atom. The molecule has 106 valence electrons. The van der Waals surface area contributed by atoms with Crippen molar-refractivity contribution in [3.8, 4) is 0 Å². The molecule has 3 heteroatoms. The van der Waals surface area contributed by atoms with Crippen LogP contribution in [-0.2, 0) is 10.8 Å². The Kier molecular flexibility index (Phi) is 4.46. The third kappa shape index (κ3) is 3.46. The van der Waals surface area contributed by atoms with Gasteiger partial charge in [-0.05, 0) is 56.3 Å². The van der Waals surface area contributed by atoms with E-state index < -0.39 is 10.8 Å². The Bertz CT molecular complexity index is 470. The first-order valence-electron chi connectivity index (χ1n) is 7.07. The number of hydrogen-bond acceptors (Lipinski definition) is 2. The van der Waals surface area contributed by atoms with Gasteiger partial charge in [-0.25, -0.2) is 0 Å². The number of aryl methyl sites for hydroxylation is 1. The first-order chi connectivity index (χ1) is 8.93. The third-order valence-corrected chi connectivity index (χ3v) is 5.97. The molecule has 3 atom stereocenters. The van der Waals surface area contributed by atoms with Gasteiger partial charge in [0.2, 0.25) is 0 Å². The van der Waals surface area contributed by atoms with Crippen molar-refractivity contribution in [3.63, 3.8) is 0 Å². The summed E-state index contributed by atoms with van der Waals surface area (Å²) in [5.41, 5.74) is 1.49. The van der Waals surface area contributed by atoms with Crippen LogP contribution in [0.25, 0.3) is 0 Å². The van der Waals surface area contributed by atoms with Crippen LogP contribution in [0.5, 0.6) is 0 Å². The Hall–Kier alpha value is -0.670. The Morgan fingerprint density at radius 1 is 1.37 bits per heavy atom. The second-order valence-corrected chi connectivity index (χ2v) is 8.13. The molecule has 0 aliphatic heterocycles. The molecule has 1 aromatic carbocycles. The fraction of sp³-hybridized carbons (Fsp3) is 0.625. The average molecular weight is 279 g/mol. The predicted octanol–water partition coefficient (Wildman–Crippen LogP) is 3.27. The van der Waals surface area contributed by atoms with Crippen molar-refractivity contribution in [1.29, 1.82) is 0 Å². The maximum atomic E-state index is 12.9. The van der Waals surface area contributed by atoms with E-state index in [0.29, 0.717) is 11.5 Å². The first-order valence-corrected chi connectivity index (χ1v) is 8.29. The molecule has 1 N–H and O–H groups in total. The predicted molar refractivity (Wildman–Crippen MR) is 81.9 cm³/mol. The molecule has 1 aliphatic carbocycles. The van der Waals surface area contributed by atoms with Crippen LogP contribution in [0.15, 0.2) is 29.2 Å². The van der Waals surface area contributed by atoms with Crippen molar-refractivity contribution in [2.24, 2.45) is 5.41 Å². The number of rotatable bonds is 3. The van der Waals surface area contributed by atoms with Gasteiger partial charge in [0.15, 0.2) is 0 Å².